The fraction of sp³-hybridized carbons (Fsp3) is 0.900. The molecule has 13 heavy (non-hydrogen) atoms. The van der Waals surface area contributed by atoms with Gasteiger partial charge in [-0.25, -0.2) is 0 Å². The van der Waals surface area contributed by atoms with Gasteiger partial charge < -0.3 is 0 Å². The van der Waals surface area contributed by atoms with Crippen molar-refractivity contribution in [3.8, 4) is 0 Å². The maximum Gasteiger partial charge on any atom is 0.166 e. The summed E-state index contributed by atoms with van der Waals surface area (Å²) in [6, 6.07) is 0. The van der Waals surface area contributed by atoms with Crippen LogP contribution in [0.1, 0.15) is 33.6 Å². The third-order valence-corrected chi connectivity index (χ3v) is 6.29. The number of Topliss-reactive ketones (excluding diaryl/α,β-unsaturated/α-hetero) is 1. The van der Waals surface area contributed by atoms with Crippen molar-refractivity contribution in [3.05, 3.63) is 0 Å². The second-order valence-electron chi connectivity index (χ2n) is 5.10. The fourth-order valence-corrected chi connectivity index (χ4v) is 5.54. The molecule has 74 valence electrons. The van der Waals surface area contributed by atoms with Gasteiger partial charge in [-0.15, -0.1) is 0 Å². The molecule has 0 aromatic carbocycles. The minimum Gasteiger partial charge on any atom is -0.296 e. The van der Waals surface area contributed by atoms with Crippen LogP contribution in [0.25, 0.3) is 0 Å². The van der Waals surface area contributed by atoms with Crippen LogP contribution in [-0.4, -0.2) is 9.02 Å². The summed E-state index contributed by atoms with van der Waals surface area (Å²) < 4.78 is -0.448. The highest BCUT2D eigenvalue weighted by atomic mass is 79.9. The molecule has 1 nitrogen and oxygen atoms in total. The second-order valence-corrected chi connectivity index (χ2v) is 8.66. The third kappa shape index (κ3) is 0.909. The summed E-state index contributed by atoms with van der Waals surface area (Å²) in [7, 11) is 0. The number of carbonyl (C=O) groups excluding carboxylic acids is 1. The molecule has 0 N–H and O–H groups in total. The Balaban J connectivity index is 2.58. The van der Waals surface area contributed by atoms with E-state index < -0.39 is 3.23 Å². The first-order chi connectivity index (χ1) is 5.74. The summed E-state index contributed by atoms with van der Waals surface area (Å²) in [5, 5.41) is 0. The lowest BCUT2D eigenvalue weighted by Crippen LogP contribution is -2.36. The van der Waals surface area contributed by atoms with Gasteiger partial charge in [-0.1, -0.05) is 52.6 Å². The SMILES string of the molecule is CC1(C)C2CC[C@@]1(C)C(=O)C2(Br)Br. The van der Waals surface area contributed by atoms with E-state index in [2.05, 4.69) is 52.6 Å². The van der Waals surface area contributed by atoms with Crippen LogP contribution in [0.15, 0.2) is 0 Å². The molecule has 2 fully saturated rings. The van der Waals surface area contributed by atoms with E-state index in [1.54, 1.807) is 0 Å². The third-order valence-electron chi connectivity index (χ3n) is 4.47. The molecule has 2 saturated carbocycles. The highest BCUT2D eigenvalue weighted by molar-refractivity contribution is 9.26. The summed E-state index contributed by atoms with van der Waals surface area (Å²) in [6.07, 6.45) is 2.19. The minimum absolute atomic E-state index is 0.122. The Hall–Kier alpha value is 0.630. The lowest BCUT2D eigenvalue weighted by molar-refractivity contribution is -0.128. The van der Waals surface area contributed by atoms with Gasteiger partial charge in [0.2, 0.25) is 0 Å². The number of rotatable bonds is 0. The molecule has 0 aromatic heterocycles. The van der Waals surface area contributed by atoms with E-state index in [4.69, 9.17) is 0 Å². The second kappa shape index (κ2) is 2.41. The Morgan fingerprint density at radius 2 is 1.85 bits per heavy atom. The van der Waals surface area contributed by atoms with Gasteiger partial charge in [-0.3, -0.25) is 4.79 Å². The van der Waals surface area contributed by atoms with Gasteiger partial charge in [0.25, 0.3) is 0 Å². The summed E-state index contributed by atoms with van der Waals surface area (Å²) >= 11 is 7.09. The molecule has 2 aliphatic rings. The smallest absolute Gasteiger partial charge is 0.166 e. The highest BCUT2D eigenvalue weighted by Crippen LogP contribution is 2.70. The van der Waals surface area contributed by atoms with Crippen molar-refractivity contribution < 1.29 is 4.79 Å². The maximum atomic E-state index is 12.1. The number of hydrogen-bond donors (Lipinski definition) is 0. The van der Waals surface area contributed by atoms with Gasteiger partial charge in [-0.05, 0) is 24.2 Å². The Labute approximate surface area is 95.9 Å². The Kier molecular flexibility index (Phi) is 1.88. The van der Waals surface area contributed by atoms with Gasteiger partial charge in [0.1, 0.15) is 3.23 Å². The predicted octanol–water partition coefficient (Wildman–Crippen LogP) is 3.50. The van der Waals surface area contributed by atoms with Crippen molar-refractivity contribution in [2.24, 2.45) is 16.7 Å². The Morgan fingerprint density at radius 3 is 2.08 bits per heavy atom. The molecule has 2 rings (SSSR count). The Bertz CT molecular complexity index is 283. The Morgan fingerprint density at radius 1 is 1.31 bits per heavy atom. The zero-order valence-corrected chi connectivity index (χ0v) is 11.3. The molecular formula is C10H14Br2O. The molecule has 0 spiro atoms. The van der Waals surface area contributed by atoms with Crippen LogP contribution in [-0.2, 0) is 4.79 Å². The van der Waals surface area contributed by atoms with Crippen molar-refractivity contribution in [2.45, 2.75) is 36.8 Å². The first kappa shape index (κ1) is 10.2. The van der Waals surface area contributed by atoms with Crippen molar-refractivity contribution in [3.63, 3.8) is 0 Å². The van der Waals surface area contributed by atoms with E-state index >= 15 is 0 Å². The van der Waals surface area contributed by atoms with Crippen molar-refractivity contribution >= 4 is 37.6 Å². The van der Waals surface area contributed by atoms with Gasteiger partial charge in [-0.2, -0.15) is 0 Å². The molecule has 2 bridgehead atoms. The molecule has 2 aliphatic carbocycles. The van der Waals surface area contributed by atoms with E-state index in [1.165, 1.54) is 0 Å². The fourth-order valence-electron chi connectivity index (χ4n) is 3.07. The topological polar surface area (TPSA) is 17.1 Å². The molecule has 0 aromatic rings. The number of ketones is 1. The lowest BCUT2D eigenvalue weighted by Gasteiger charge is -2.31. The van der Waals surface area contributed by atoms with Crippen LogP contribution in [0.3, 0.4) is 0 Å². The molecule has 0 saturated heterocycles. The first-order valence-electron chi connectivity index (χ1n) is 4.67. The molecule has 0 amide bonds. The van der Waals surface area contributed by atoms with Crippen LogP contribution in [0.4, 0.5) is 0 Å². The summed E-state index contributed by atoms with van der Waals surface area (Å²) in [4.78, 5) is 12.1. The molecule has 0 radical (unpaired) electrons. The summed E-state index contributed by atoms with van der Waals surface area (Å²) in [6.45, 7) is 6.54. The van der Waals surface area contributed by atoms with Gasteiger partial charge >= 0.3 is 0 Å². The van der Waals surface area contributed by atoms with E-state index in [0.29, 0.717) is 11.7 Å². The van der Waals surface area contributed by atoms with Gasteiger partial charge in [0.05, 0.1) is 0 Å². The van der Waals surface area contributed by atoms with Crippen LogP contribution >= 0.6 is 31.9 Å². The van der Waals surface area contributed by atoms with Gasteiger partial charge in [0, 0.05) is 5.41 Å². The number of halogens is 2. The summed E-state index contributed by atoms with van der Waals surface area (Å²) in [5.74, 6) is 0.763. The minimum atomic E-state index is -0.448. The van der Waals surface area contributed by atoms with Crippen LogP contribution in [0, 0.1) is 16.7 Å². The van der Waals surface area contributed by atoms with Crippen molar-refractivity contribution in [1.82, 2.24) is 0 Å². The number of alkyl halides is 2. The summed E-state index contributed by atoms with van der Waals surface area (Å²) in [5.41, 5.74) is -0.0122. The van der Waals surface area contributed by atoms with Crippen molar-refractivity contribution in [2.75, 3.05) is 0 Å². The highest BCUT2D eigenvalue weighted by Gasteiger charge is 2.71. The zero-order valence-electron chi connectivity index (χ0n) is 8.16. The predicted molar refractivity (Wildman–Crippen MR) is 60.2 cm³/mol. The first-order valence-corrected chi connectivity index (χ1v) is 6.26. The molecule has 0 aliphatic heterocycles. The standard InChI is InChI=1S/C10H14Br2O/c1-8(2)6-4-5-9(8,3)7(13)10(6,11)12/h6H,4-5H2,1-3H3/t6?,9-/m0/s1. The van der Waals surface area contributed by atoms with Gasteiger partial charge in [0.15, 0.2) is 5.78 Å². The molecule has 1 unspecified atom stereocenters. The molecule has 0 heterocycles. The number of fused-ring (bicyclic) bond motifs is 2. The van der Waals surface area contributed by atoms with E-state index in [1.807, 2.05) is 0 Å². The largest absolute Gasteiger partial charge is 0.296 e. The average molecular weight is 310 g/mol. The van der Waals surface area contributed by atoms with E-state index in [9.17, 15) is 4.79 Å². The number of hydrogen-bond acceptors (Lipinski definition) is 1. The lowest BCUT2D eigenvalue weighted by atomic mass is 9.70. The normalized spacial score (nSPS) is 45.6. The monoisotopic (exact) mass is 308 g/mol. The van der Waals surface area contributed by atoms with Crippen LogP contribution in [0.2, 0.25) is 0 Å². The van der Waals surface area contributed by atoms with Crippen molar-refractivity contribution in [1.29, 1.82) is 0 Å². The maximum absolute atomic E-state index is 12.1. The van der Waals surface area contributed by atoms with E-state index in [-0.39, 0.29) is 10.8 Å². The zero-order chi connectivity index (χ0) is 10.1. The van der Waals surface area contributed by atoms with Crippen LogP contribution < -0.4 is 0 Å². The molecule has 2 atom stereocenters. The number of carbonyl (C=O) groups is 1. The van der Waals surface area contributed by atoms with Crippen LogP contribution in [0.5, 0.6) is 0 Å². The average Bonchev–Trinajstić information content (AvgIpc) is 2.26. The molecule has 3 heteroatoms. The quantitative estimate of drug-likeness (QED) is 0.626. The van der Waals surface area contributed by atoms with E-state index in [0.717, 1.165) is 12.8 Å². The molecular weight excluding hydrogens is 296 g/mol.